The quantitative estimate of drug-likeness (QED) is 0.705. The normalized spacial score (nSPS) is 19.4. The zero-order valence-corrected chi connectivity index (χ0v) is 18.6. The van der Waals surface area contributed by atoms with Crippen molar-refractivity contribution in [3.05, 3.63) is 36.7 Å². The first-order valence-electron chi connectivity index (χ1n) is 10.6. The van der Waals surface area contributed by atoms with E-state index in [-0.39, 0.29) is 29.7 Å². The zero-order valence-electron chi connectivity index (χ0n) is 17.8. The van der Waals surface area contributed by atoms with E-state index in [1.807, 2.05) is 0 Å². The molecule has 2 aliphatic rings. The van der Waals surface area contributed by atoms with E-state index in [1.165, 1.54) is 17.0 Å². The van der Waals surface area contributed by atoms with Crippen LogP contribution in [0.15, 0.2) is 46.5 Å². The van der Waals surface area contributed by atoms with Gasteiger partial charge in [-0.2, -0.15) is 5.10 Å². The number of sulfonamides is 1. The summed E-state index contributed by atoms with van der Waals surface area (Å²) >= 11 is 0. The fraction of sp³-hybridized carbons (Fsp3) is 0.429. The largest absolute Gasteiger partial charge is 0.326 e. The van der Waals surface area contributed by atoms with E-state index in [1.54, 1.807) is 36.3 Å². The smallest absolute Gasteiger partial charge is 0.262 e. The highest BCUT2D eigenvalue weighted by atomic mass is 32.2. The number of hydrogen-bond acceptors (Lipinski definition) is 6. The molecule has 3 heterocycles. The molecule has 2 aromatic rings. The Morgan fingerprint density at radius 2 is 2.06 bits per heavy atom. The molecule has 0 spiro atoms. The fourth-order valence-corrected chi connectivity index (χ4v) is 4.97. The summed E-state index contributed by atoms with van der Waals surface area (Å²) in [5.74, 6) is -0.554. The average molecular weight is 459 g/mol. The van der Waals surface area contributed by atoms with Gasteiger partial charge in [0.15, 0.2) is 0 Å². The number of amides is 2. The lowest BCUT2D eigenvalue weighted by Gasteiger charge is -2.15. The third kappa shape index (κ3) is 4.98. The minimum Gasteiger partial charge on any atom is -0.326 e. The molecule has 1 atom stereocenters. The van der Waals surface area contributed by atoms with Gasteiger partial charge in [-0.3, -0.25) is 24.0 Å². The van der Waals surface area contributed by atoms with Crippen LogP contribution in [0.2, 0.25) is 0 Å². The van der Waals surface area contributed by atoms with Gasteiger partial charge in [-0.1, -0.05) is 12.5 Å². The van der Waals surface area contributed by atoms with E-state index in [0.717, 1.165) is 19.3 Å². The molecule has 0 radical (unpaired) electrons. The zero-order chi connectivity index (χ0) is 22.7. The van der Waals surface area contributed by atoms with Crippen LogP contribution in [-0.4, -0.2) is 48.9 Å². The van der Waals surface area contributed by atoms with Crippen LogP contribution in [0.4, 0.5) is 11.4 Å². The number of carbonyl (C=O) groups excluding carboxylic acids is 2. The van der Waals surface area contributed by atoms with E-state index in [9.17, 15) is 18.0 Å². The van der Waals surface area contributed by atoms with Crippen molar-refractivity contribution < 1.29 is 18.0 Å². The van der Waals surface area contributed by atoms with Gasteiger partial charge in [0.25, 0.3) is 10.0 Å². The first kappa shape index (κ1) is 22.0. The number of aliphatic imine (C=N–C) groups is 1. The molecule has 11 heteroatoms. The highest BCUT2D eigenvalue weighted by Gasteiger charge is 2.35. The Bertz CT molecular complexity index is 1160. The molecule has 0 aliphatic carbocycles. The fourth-order valence-electron chi connectivity index (χ4n) is 3.84. The van der Waals surface area contributed by atoms with Crippen molar-refractivity contribution in [1.29, 1.82) is 0 Å². The summed E-state index contributed by atoms with van der Waals surface area (Å²) in [5, 5.41) is 6.81. The number of benzene rings is 1. The monoisotopic (exact) mass is 458 g/mol. The van der Waals surface area contributed by atoms with E-state index in [2.05, 4.69) is 20.1 Å². The third-order valence-corrected chi connectivity index (χ3v) is 6.92. The molecule has 1 fully saturated rings. The maximum atomic E-state index is 12.8. The first-order chi connectivity index (χ1) is 15.3. The van der Waals surface area contributed by atoms with Crippen LogP contribution in [0.5, 0.6) is 0 Å². The molecule has 170 valence electrons. The van der Waals surface area contributed by atoms with E-state index in [0.29, 0.717) is 30.2 Å². The SMILES string of the molecule is Cn1cc(N2CC(C(=O)Nc3cccc(S(=O)(=O)NC4=NCCCCC4)c3)CC2=O)cn1. The Morgan fingerprint density at radius 3 is 2.84 bits per heavy atom. The highest BCUT2D eigenvalue weighted by molar-refractivity contribution is 7.90. The van der Waals surface area contributed by atoms with Gasteiger partial charge < -0.3 is 10.2 Å². The van der Waals surface area contributed by atoms with Crippen LogP contribution in [0.1, 0.15) is 32.1 Å². The first-order valence-corrected chi connectivity index (χ1v) is 12.1. The Kier molecular flexibility index (Phi) is 6.26. The molecule has 1 unspecified atom stereocenters. The standard InChI is InChI=1S/C21H26N6O4S/c1-26-14-17(12-23-26)27-13-15(10-20(27)28)21(29)24-16-6-5-7-18(11-16)32(30,31)25-19-8-3-2-4-9-22-19/h5-7,11-12,14-15H,2-4,8-10,13H2,1H3,(H,22,25)(H,24,29). The predicted octanol–water partition coefficient (Wildman–Crippen LogP) is 1.66. The Balaban J connectivity index is 1.43. The molecule has 1 aromatic carbocycles. The van der Waals surface area contributed by atoms with Crippen LogP contribution in [0, 0.1) is 5.92 Å². The summed E-state index contributed by atoms with van der Waals surface area (Å²) in [6.45, 7) is 0.861. The van der Waals surface area contributed by atoms with Gasteiger partial charge >= 0.3 is 0 Å². The van der Waals surface area contributed by atoms with Gasteiger partial charge in [-0.25, -0.2) is 8.42 Å². The topological polar surface area (TPSA) is 126 Å². The second-order valence-corrected chi connectivity index (χ2v) is 9.72. The Hall–Kier alpha value is -3.21. The molecule has 32 heavy (non-hydrogen) atoms. The maximum absolute atomic E-state index is 12.8. The molecule has 4 rings (SSSR count). The number of nitrogens with zero attached hydrogens (tertiary/aromatic N) is 4. The minimum atomic E-state index is -3.81. The lowest BCUT2D eigenvalue weighted by molar-refractivity contribution is -0.122. The molecule has 0 saturated carbocycles. The number of anilines is 2. The molecule has 2 amide bonds. The summed E-state index contributed by atoms with van der Waals surface area (Å²) in [5.41, 5.74) is 1.00. The van der Waals surface area contributed by atoms with Crippen LogP contribution >= 0.6 is 0 Å². The van der Waals surface area contributed by atoms with Crippen LogP contribution in [0.25, 0.3) is 0 Å². The van der Waals surface area contributed by atoms with Crippen molar-refractivity contribution in [3.8, 4) is 0 Å². The summed E-state index contributed by atoms with van der Waals surface area (Å²) in [4.78, 5) is 31.0. The Labute approximate surface area is 186 Å². The van der Waals surface area contributed by atoms with Crippen LogP contribution in [0.3, 0.4) is 0 Å². The van der Waals surface area contributed by atoms with Gasteiger partial charge in [0.2, 0.25) is 11.8 Å². The predicted molar refractivity (Wildman–Crippen MR) is 120 cm³/mol. The van der Waals surface area contributed by atoms with Gasteiger partial charge in [0.1, 0.15) is 5.84 Å². The number of amidine groups is 1. The van der Waals surface area contributed by atoms with Gasteiger partial charge in [-0.05, 0) is 31.0 Å². The van der Waals surface area contributed by atoms with Crippen molar-refractivity contribution in [2.45, 2.75) is 37.0 Å². The highest BCUT2D eigenvalue weighted by Crippen LogP contribution is 2.26. The lowest BCUT2D eigenvalue weighted by atomic mass is 10.1. The van der Waals surface area contributed by atoms with Crippen LogP contribution in [-0.2, 0) is 26.7 Å². The molecular formula is C21H26N6O4S. The second kappa shape index (κ2) is 9.11. The van der Waals surface area contributed by atoms with E-state index >= 15 is 0 Å². The van der Waals surface area contributed by atoms with Crippen molar-refractivity contribution in [1.82, 2.24) is 14.5 Å². The number of rotatable bonds is 5. The molecule has 10 nitrogen and oxygen atoms in total. The summed E-state index contributed by atoms with van der Waals surface area (Å²) in [7, 11) is -2.05. The summed E-state index contributed by atoms with van der Waals surface area (Å²) < 4.78 is 29.7. The third-order valence-electron chi connectivity index (χ3n) is 5.54. The molecular weight excluding hydrogens is 432 g/mol. The van der Waals surface area contributed by atoms with Crippen molar-refractivity contribution in [3.63, 3.8) is 0 Å². The van der Waals surface area contributed by atoms with Crippen LogP contribution < -0.4 is 14.9 Å². The van der Waals surface area contributed by atoms with Crippen molar-refractivity contribution in [2.24, 2.45) is 18.0 Å². The Morgan fingerprint density at radius 1 is 1.22 bits per heavy atom. The lowest BCUT2D eigenvalue weighted by Crippen LogP contribution is -2.31. The van der Waals surface area contributed by atoms with Crippen molar-refractivity contribution >= 4 is 39.0 Å². The molecule has 1 aromatic heterocycles. The summed E-state index contributed by atoms with van der Waals surface area (Å²) in [6, 6.07) is 6.07. The average Bonchev–Trinajstić information content (AvgIpc) is 3.26. The van der Waals surface area contributed by atoms with Gasteiger partial charge in [-0.15, -0.1) is 0 Å². The number of aromatic nitrogens is 2. The molecule has 1 saturated heterocycles. The number of hydrogen-bond donors (Lipinski definition) is 2. The number of carbonyl (C=O) groups is 2. The molecule has 2 N–H and O–H groups in total. The van der Waals surface area contributed by atoms with Gasteiger partial charge in [0.05, 0.1) is 22.7 Å². The van der Waals surface area contributed by atoms with Crippen molar-refractivity contribution in [2.75, 3.05) is 23.3 Å². The maximum Gasteiger partial charge on any atom is 0.262 e. The molecule has 0 bridgehead atoms. The number of nitrogens with one attached hydrogen (secondary N) is 2. The number of aryl methyl sites for hydroxylation is 1. The van der Waals surface area contributed by atoms with Gasteiger partial charge in [0, 0.05) is 44.9 Å². The molecule has 2 aliphatic heterocycles. The summed E-state index contributed by atoms with van der Waals surface area (Å²) in [6.07, 6.45) is 6.86. The van der Waals surface area contributed by atoms with E-state index < -0.39 is 15.9 Å². The van der Waals surface area contributed by atoms with E-state index in [4.69, 9.17) is 0 Å². The second-order valence-electron chi connectivity index (χ2n) is 8.04. The minimum absolute atomic E-state index is 0.0433.